The normalized spacial score (nSPS) is 12.9. The maximum atomic E-state index is 11.8. The van der Waals surface area contributed by atoms with Crippen LogP contribution in [-0.4, -0.2) is 22.1 Å². The maximum Gasteiger partial charge on any atom is 0.254 e. The summed E-state index contributed by atoms with van der Waals surface area (Å²) in [6, 6.07) is 6.07. The van der Waals surface area contributed by atoms with Crippen LogP contribution in [0.3, 0.4) is 0 Å². The second kappa shape index (κ2) is 5.35. The lowest BCUT2D eigenvalue weighted by atomic mass is 10.2. The number of nitrogens with one attached hydrogen (secondary N) is 2. The minimum absolute atomic E-state index is 0.000411. The van der Waals surface area contributed by atoms with Crippen LogP contribution in [0.5, 0.6) is 0 Å². The molecular formula is C10H16N2O4S2. The van der Waals surface area contributed by atoms with Gasteiger partial charge in [0.1, 0.15) is 0 Å². The van der Waals surface area contributed by atoms with Crippen LogP contribution in [0.2, 0.25) is 0 Å². The van der Waals surface area contributed by atoms with Crippen LogP contribution in [0.25, 0.3) is 0 Å². The van der Waals surface area contributed by atoms with E-state index in [9.17, 15) is 16.8 Å². The van der Waals surface area contributed by atoms with Gasteiger partial charge in [-0.15, -0.1) is 9.66 Å². The van der Waals surface area contributed by atoms with Gasteiger partial charge in [-0.05, 0) is 32.9 Å². The van der Waals surface area contributed by atoms with Crippen LogP contribution in [0.4, 0.5) is 0 Å². The number of hydrogen-bond acceptors (Lipinski definition) is 4. The van der Waals surface area contributed by atoms with E-state index in [0.29, 0.717) is 0 Å². The predicted molar refractivity (Wildman–Crippen MR) is 68.7 cm³/mol. The third-order valence-corrected chi connectivity index (χ3v) is 5.29. The largest absolute Gasteiger partial charge is 0.254 e. The molecule has 0 aliphatic rings. The van der Waals surface area contributed by atoms with Crippen LogP contribution in [0.1, 0.15) is 19.4 Å². The number of rotatable bonds is 5. The van der Waals surface area contributed by atoms with Crippen molar-refractivity contribution < 1.29 is 16.8 Å². The number of benzene rings is 1. The van der Waals surface area contributed by atoms with Crippen LogP contribution in [-0.2, 0) is 20.0 Å². The molecule has 0 unspecified atom stereocenters. The van der Waals surface area contributed by atoms with E-state index >= 15 is 0 Å². The lowest BCUT2D eigenvalue weighted by molar-refractivity contribution is 0.552. The number of aryl methyl sites for hydroxylation is 1. The molecule has 0 radical (unpaired) electrons. The quantitative estimate of drug-likeness (QED) is 0.774. The zero-order chi connectivity index (χ0) is 14.0. The second-order valence-electron chi connectivity index (χ2n) is 4.11. The molecule has 8 heteroatoms. The van der Waals surface area contributed by atoms with E-state index in [-0.39, 0.29) is 4.90 Å². The minimum Gasteiger partial charge on any atom is -0.211 e. The molecule has 102 valence electrons. The van der Waals surface area contributed by atoms with E-state index in [2.05, 4.69) is 0 Å². The Morgan fingerprint density at radius 2 is 1.44 bits per heavy atom. The summed E-state index contributed by atoms with van der Waals surface area (Å²) in [5.41, 5.74) is 0.914. The van der Waals surface area contributed by atoms with Crippen molar-refractivity contribution >= 4 is 20.0 Å². The number of sulfonamides is 2. The highest BCUT2D eigenvalue weighted by molar-refractivity contribution is 7.92. The fourth-order valence-electron chi connectivity index (χ4n) is 1.01. The standard InChI is InChI=1S/C10H16N2O4S2/c1-8(2)17(13,14)11-12-18(15,16)10-6-4-9(3)5-7-10/h4-8,11-12H,1-3H3. The average molecular weight is 292 g/mol. The molecule has 18 heavy (non-hydrogen) atoms. The van der Waals surface area contributed by atoms with Crippen molar-refractivity contribution in [2.24, 2.45) is 0 Å². The van der Waals surface area contributed by atoms with Gasteiger partial charge in [-0.3, -0.25) is 0 Å². The van der Waals surface area contributed by atoms with Crippen molar-refractivity contribution in [2.45, 2.75) is 30.9 Å². The van der Waals surface area contributed by atoms with Gasteiger partial charge in [0.05, 0.1) is 10.1 Å². The summed E-state index contributed by atoms with van der Waals surface area (Å²) in [5.74, 6) is 0. The third kappa shape index (κ3) is 3.77. The van der Waals surface area contributed by atoms with E-state index in [1.807, 2.05) is 16.6 Å². The SMILES string of the molecule is Cc1ccc(S(=O)(=O)NNS(=O)(=O)C(C)C)cc1. The molecular weight excluding hydrogens is 276 g/mol. The number of hydrazine groups is 1. The Hall–Kier alpha value is -0.960. The first-order chi connectivity index (χ1) is 8.15. The van der Waals surface area contributed by atoms with Crippen molar-refractivity contribution in [3.8, 4) is 0 Å². The zero-order valence-electron chi connectivity index (χ0n) is 10.3. The molecule has 0 saturated heterocycles. The first-order valence-electron chi connectivity index (χ1n) is 5.24. The first kappa shape index (κ1) is 15.1. The van der Waals surface area contributed by atoms with E-state index < -0.39 is 25.3 Å². The Bertz CT molecular complexity index is 604. The molecule has 0 aromatic heterocycles. The number of hydrogen-bond donors (Lipinski definition) is 2. The molecule has 0 atom stereocenters. The molecule has 1 aromatic carbocycles. The summed E-state index contributed by atoms with van der Waals surface area (Å²) in [7, 11) is -7.57. The van der Waals surface area contributed by atoms with Crippen LogP contribution in [0.15, 0.2) is 29.2 Å². The molecule has 6 nitrogen and oxygen atoms in total. The summed E-state index contributed by atoms with van der Waals surface area (Å²) in [6.45, 7) is 4.72. The highest BCUT2D eigenvalue weighted by Gasteiger charge is 2.20. The van der Waals surface area contributed by atoms with Crippen molar-refractivity contribution in [3.63, 3.8) is 0 Å². The van der Waals surface area contributed by atoms with E-state index in [1.165, 1.54) is 26.0 Å². The summed E-state index contributed by atoms with van der Waals surface area (Å²) < 4.78 is 46.4. The molecule has 0 spiro atoms. The zero-order valence-corrected chi connectivity index (χ0v) is 12.0. The predicted octanol–water partition coefficient (Wildman–Crippen LogP) is 0.516. The monoisotopic (exact) mass is 292 g/mol. The van der Waals surface area contributed by atoms with Gasteiger partial charge in [0.15, 0.2) is 0 Å². The summed E-state index contributed by atoms with van der Waals surface area (Å²) in [6.07, 6.45) is 0. The van der Waals surface area contributed by atoms with E-state index in [1.54, 1.807) is 12.1 Å². The fraction of sp³-hybridized carbons (Fsp3) is 0.400. The maximum absolute atomic E-state index is 11.8. The molecule has 0 fully saturated rings. The van der Waals surface area contributed by atoms with Gasteiger partial charge in [-0.2, -0.15) is 0 Å². The summed E-state index contributed by atoms with van der Waals surface area (Å²) in [5, 5.41) is -0.724. The lowest BCUT2D eigenvalue weighted by Gasteiger charge is -2.11. The molecule has 1 aromatic rings. The van der Waals surface area contributed by atoms with Gasteiger partial charge in [-0.1, -0.05) is 17.7 Å². The van der Waals surface area contributed by atoms with Crippen molar-refractivity contribution in [2.75, 3.05) is 0 Å². The Morgan fingerprint density at radius 1 is 0.944 bits per heavy atom. The molecule has 2 N–H and O–H groups in total. The molecule has 0 bridgehead atoms. The van der Waals surface area contributed by atoms with Gasteiger partial charge in [0.25, 0.3) is 10.0 Å². The van der Waals surface area contributed by atoms with Gasteiger partial charge in [0.2, 0.25) is 10.0 Å². The molecule has 0 saturated carbocycles. The average Bonchev–Trinajstić information content (AvgIpc) is 2.27. The van der Waals surface area contributed by atoms with Gasteiger partial charge in [-0.25, -0.2) is 16.8 Å². The highest BCUT2D eigenvalue weighted by atomic mass is 32.2. The van der Waals surface area contributed by atoms with Gasteiger partial charge < -0.3 is 0 Å². The Morgan fingerprint density at radius 3 is 1.89 bits per heavy atom. The smallest absolute Gasteiger partial charge is 0.211 e. The summed E-state index contributed by atoms with van der Waals surface area (Å²) >= 11 is 0. The molecule has 0 amide bonds. The van der Waals surface area contributed by atoms with Crippen LogP contribution >= 0.6 is 0 Å². The third-order valence-electron chi connectivity index (χ3n) is 2.27. The minimum atomic E-state index is -3.88. The second-order valence-corrected chi connectivity index (χ2v) is 8.03. The Balaban J connectivity index is 2.87. The lowest BCUT2D eigenvalue weighted by Crippen LogP contribution is -2.44. The Kier molecular flexibility index (Phi) is 4.49. The van der Waals surface area contributed by atoms with Crippen LogP contribution < -0.4 is 9.66 Å². The van der Waals surface area contributed by atoms with E-state index in [4.69, 9.17) is 0 Å². The van der Waals surface area contributed by atoms with Crippen LogP contribution in [0, 0.1) is 6.92 Å². The van der Waals surface area contributed by atoms with Crippen molar-refractivity contribution in [3.05, 3.63) is 29.8 Å². The molecule has 1 rings (SSSR count). The fourth-order valence-corrected chi connectivity index (χ4v) is 2.76. The Labute approximate surface area is 107 Å². The van der Waals surface area contributed by atoms with E-state index in [0.717, 1.165) is 5.56 Å². The van der Waals surface area contributed by atoms with Gasteiger partial charge in [0, 0.05) is 0 Å². The molecule has 0 aliphatic carbocycles. The topological polar surface area (TPSA) is 92.3 Å². The highest BCUT2D eigenvalue weighted by Crippen LogP contribution is 2.09. The molecule has 0 heterocycles. The van der Waals surface area contributed by atoms with Gasteiger partial charge >= 0.3 is 0 Å². The first-order valence-corrected chi connectivity index (χ1v) is 8.27. The molecule has 0 aliphatic heterocycles. The summed E-state index contributed by atoms with van der Waals surface area (Å²) in [4.78, 5) is 3.70. The van der Waals surface area contributed by atoms with Crippen molar-refractivity contribution in [1.82, 2.24) is 9.66 Å². The van der Waals surface area contributed by atoms with Crippen molar-refractivity contribution in [1.29, 1.82) is 0 Å².